The molecule has 182 valence electrons. The van der Waals surface area contributed by atoms with Gasteiger partial charge in [-0.3, -0.25) is 9.59 Å². The molecule has 2 amide bonds. The molecule has 2 N–H and O–H groups in total. The molecule has 0 saturated carbocycles. The van der Waals surface area contributed by atoms with Crippen molar-refractivity contribution >= 4 is 35.3 Å². The van der Waals surface area contributed by atoms with E-state index >= 15 is 0 Å². The lowest BCUT2D eigenvalue weighted by Crippen LogP contribution is -2.20. The zero-order valence-electron chi connectivity index (χ0n) is 19.6. The number of amides is 2. The van der Waals surface area contributed by atoms with E-state index < -0.39 is 5.91 Å². The fraction of sp³-hybridized carbons (Fsp3) is 0.192. The summed E-state index contributed by atoms with van der Waals surface area (Å²) >= 11 is 6.27. The second-order valence-electron chi connectivity index (χ2n) is 7.39. The van der Waals surface area contributed by atoms with Gasteiger partial charge in [0.1, 0.15) is 5.75 Å². The van der Waals surface area contributed by atoms with E-state index in [-0.39, 0.29) is 12.5 Å². The number of benzene rings is 3. The molecular formula is C26H26ClN3O5. The van der Waals surface area contributed by atoms with Gasteiger partial charge in [-0.1, -0.05) is 23.7 Å². The van der Waals surface area contributed by atoms with Crippen LogP contribution in [-0.2, 0) is 4.79 Å². The average Bonchev–Trinajstić information content (AvgIpc) is 2.84. The van der Waals surface area contributed by atoms with Crippen molar-refractivity contribution in [2.24, 2.45) is 5.10 Å². The first-order chi connectivity index (χ1) is 16.9. The van der Waals surface area contributed by atoms with Crippen LogP contribution in [0.3, 0.4) is 0 Å². The molecule has 9 heteroatoms. The summed E-state index contributed by atoms with van der Waals surface area (Å²) in [5.74, 6) is 0.658. The third kappa shape index (κ3) is 7.48. The number of nitrogens with zero attached hydrogens (tertiary/aromatic N) is 1. The van der Waals surface area contributed by atoms with Crippen molar-refractivity contribution < 1.29 is 23.8 Å². The van der Waals surface area contributed by atoms with Crippen LogP contribution >= 0.6 is 11.6 Å². The van der Waals surface area contributed by atoms with Gasteiger partial charge in [-0.15, -0.1) is 0 Å². The molecular weight excluding hydrogens is 470 g/mol. The molecule has 0 aliphatic carbocycles. The van der Waals surface area contributed by atoms with Crippen LogP contribution in [0.15, 0.2) is 65.8 Å². The maximum absolute atomic E-state index is 12.4. The summed E-state index contributed by atoms with van der Waals surface area (Å²) in [4.78, 5) is 24.5. The van der Waals surface area contributed by atoms with Crippen LogP contribution in [0.5, 0.6) is 17.2 Å². The minimum absolute atomic E-state index is 0.192. The third-order valence-electron chi connectivity index (χ3n) is 4.72. The van der Waals surface area contributed by atoms with Crippen LogP contribution in [0.25, 0.3) is 0 Å². The van der Waals surface area contributed by atoms with Crippen molar-refractivity contribution in [1.29, 1.82) is 0 Å². The van der Waals surface area contributed by atoms with Crippen LogP contribution in [0.1, 0.15) is 28.4 Å². The van der Waals surface area contributed by atoms with Gasteiger partial charge < -0.3 is 19.5 Å². The van der Waals surface area contributed by atoms with Crippen molar-refractivity contribution in [3.8, 4) is 17.2 Å². The van der Waals surface area contributed by atoms with Crippen LogP contribution in [-0.4, -0.2) is 38.4 Å². The predicted octanol–water partition coefficient (Wildman–Crippen LogP) is 4.84. The molecule has 3 rings (SSSR count). The van der Waals surface area contributed by atoms with E-state index in [0.29, 0.717) is 45.7 Å². The highest BCUT2D eigenvalue weighted by Gasteiger charge is 2.11. The Kier molecular flexibility index (Phi) is 9.09. The first-order valence-electron chi connectivity index (χ1n) is 10.8. The number of anilines is 1. The second-order valence-corrected chi connectivity index (χ2v) is 7.80. The first-order valence-corrected chi connectivity index (χ1v) is 11.2. The SMILES string of the molecule is CCOc1ccc(C(=O)N/N=C/c2ccc(OCC(=O)Nc3cccc(C)c3)c(Cl)c2)cc1OC. The molecule has 35 heavy (non-hydrogen) atoms. The van der Waals surface area contributed by atoms with E-state index in [1.807, 2.05) is 32.0 Å². The Morgan fingerprint density at radius 2 is 1.80 bits per heavy atom. The van der Waals surface area contributed by atoms with Crippen molar-refractivity contribution in [2.45, 2.75) is 13.8 Å². The van der Waals surface area contributed by atoms with Gasteiger partial charge in [0.2, 0.25) is 0 Å². The molecule has 0 aromatic heterocycles. The van der Waals surface area contributed by atoms with E-state index in [2.05, 4.69) is 15.8 Å². The minimum Gasteiger partial charge on any atom is -0.493 e. The number of methoxy groups -OCH3 is 1. The normalized spacial score (nSPS) is 10.6. The Labute approximate surface area is 208 Å². The highest BCUT2D eigenvalue weighted by molar-refractivity contribution is 6.32. The Bertz CT molecular complexity index is 1230. The molecule has 0 saturated heterocycles. The number of carbonyl (C=O) groups excluding carboxylic acids is 2. The molecule has 0 heterocycles. The van der Waals surface area contributed by atoms with Gasteiger partial charge in [0, 0.05) is 11.3 Å². The number of halogens is 1. The average molecular weight is 496 g/mol. The quantitative estimate of drug-likeness (QED) is 0.310. The monoisotopic (exact) mass is 495 g/mol. The first kappa shape index (κ1) is 25.6. The number of hydrogen-bond acceptors (Lipinski definition) is 6. The van der Waals surface area contributed by atoms with Gasteiger partial charge in [-0.05, 0) is 73.5 Å². The van der Waals surface area contributed by atoms with Crippen LogP contribution < -0.4 is 25.0 Å². The minimum atomic E-state index is -0.409. The summed E-state index contributed by atoms with van der Waals surface area (Å²) in [6.07, 6.45) is 1.45. The number of rotatable bonds is 10. The van der Waals surface area contributed by atoms with E-state index in [1.54, 1.807) is 42.5 Å². The van der Waals surface area contributed by atoms with E-state index in [9.17, 15) is 9.59 Å². The summed E-state index contributed by atoms with van der Waals surface area (Å²) < 4.78 is 16.2. The molecule has 0 unspecified atom stereocenters. The third-order valence-corrected chi connectivity index (χ3v) is 5.02. The van der Waals surface area contributed by atoms with Gasteiger partial charge in [0.05, 0.1) is 25.0 Å². The predicted molar refractivity (Wildman–Crippen MR) is 136 cm³/mol. The molecule has 3 aromatic carbocycles. The fourth-order valence-corrected chi connectivity index (χ4v) is 3.33. The molecule has 8 nitrogen and oxygen atoms in total. The van der Waals surface area contributed by atoms with Crippen LogP contribution in [0.4, 0.5) is 5.69 Å². The molecule has 0 fully saturated rings. The van der Waals surface area contributed by atoms with Gasteiger partial charge in [0.15, 0.2) is 18.1 Å². The molecule has 0 aliphatic heterocycles. The maximum Gasteiger partial charge on any atom is 0.271 e. The van der Waals surface area contributed by atoms with Crippen molar-refractivity contribution in [3.05, 3.63) is 82.4 Å². The van der Waals surface area contributed by atoms with Crippen molar-refractivity contribution in [2.75, 3.05) is 25.6 Å². The Morgan fingerprint density at radius 3 is 2.51 bits per heavy atom. The molecule has 0 bridgehead atoms. The van der Waals surface area contributed by atoms with Gasteiger partial charge >= 0.3 is 0 Å². The number of hydrazone groups is 1. The van der Waals surface area contributed by atoms with Gasteiger partial charge in [0.25, 0.3) is 11.8 Å². The lowest BCUT2D eigenvalue weighted by molar-refractivity contribution is -0.118. The number of ether oxygens (including phenoxy) is 3. The van der Waals surface area contributed by atoms with E-state index in [0.717, 1.165) is 5.56 Å². The topological polar surface area (TPSA) is 98.3 Å². The van der Waals surface area contributed by atoms with Crippen molar-refractivity contribution in [1.82, 2.24) is 5.43 Å². The molecule has 0 aliphatic rings. The Balaban J connectivity index is 1.54. The lowest BCUT2D eigenvalue weighted by Gasteiger charge is -2.10. The van der Waals surface area contributed by atoms with E-state index in [1.165, 1.54) is 13.3 Å². The zero-order valence-corrected chi connectivity index (χ0v) is 20.4. The van der Waals surface area contributed by atoms with Crippen molar-refractivity contribution in [3.63, 3.8) is 0 Å². The maximum atomic E-state index is 12.4. The number of carbonyl (C=O) groups is 2. The summed E-state index contributed by atoms with van der Waals surface area (Å²) in [5, 5.41) is 7.05. The smallest absolute Gasteiger partial charge is 0.271 e. The highest BCUT2D eigenvalue weighted by atomic mass is 35.5. The van der Waals surface area contributed by atoms with E-state index in [4.69, 9.17) is 25.8 Å². The van der Waals surface area contributed by atoms with Gasteiger partial charge in [-0.25, -0.2) is 5.43 Å². The number of hydrogen-bond donors (Lipinski definition) is 2. The Morgan fingerprint density at radius 1 is 1.00 bits per heavy atom. The summed E-state index contributed by atoms with van der Waals surface area (Å²) in [6, 6.07) is 17.3. The number of nitrogens with one attached hydrogen (secondary N) is 2. The standard InChI is InChI=1S/C26H26ClN3O5/c1-4-34-23-11-9-19(14-24(23)33-3)26(32)30-28-15-18-8-10-22(21(27)13-18)35-16-25(31)29-20-7-5-6-17(2)12-20/h5-15H,4,16H2,1-3H3,(H,29,31)(H,30,32)/b28-15+. The fourth-order valence-electron chi connectivity index (χ4n) is 3.09. The summed E-state index contributed by atoms with van der Waals surface area (Å²) in [5.41, 5.74) is 5.20. The zero-order chi connectivity index (χ0) is 25.2. The second kappa shape index (κ2) is 12.4. The molecule has 3 aromatic rings. The van der Waals surface area contributed by atoms with Crippen LogP contribution in [0.2, 0.25) is 5.02 Å². The Hall–Kier alpha value is -4.04. The lowest BCUT2D eigenvalue weighted by atomic mass is 10.2. The highest BCUT2D eigenvalue weighted by Crippen LogP contribution is 2.28. The van der Waals surface area contributed by atoms with Gasteiger partial charge in [-0.2, -0.15) is 5.10 Å². The molecule has 0 atom stereocenters. The largest absolute Gasteiger partial charge is 0.493 e. The summed E-state index contributed by atoms with van der Waals surface area (Å²) in [7, 11) is 1.51. The summed E-state index contributed by atoms with van der Waals surface area (Å²) in [6.45, 7) is 4.10. The molecule has 0 spiro atoms. The molecule has 0 radical (unpaired) electrons. The van der Waals surface area contributed by atoms with Crippen LogP contribution in [0, 0.1) is 6.92 Å². The number of aryl methyl sites for hydroxylation is 1.